The molecule has 26 heavy (non-hydrogen) atoms. The van der Waals surface area contributed by atoms with Crippen molar-refractivity contribution in [2.24, 2.45) is 0 Å². The molecule has 0 unspecified atom stereocenters. The van der Waals surface area contributed by atoms with Crippen molar-refractivity contribution in [3.63, 3.8) is 0 Å². The Hall–Kier alpha value is -2.46. The first-order valence-electron chi connectivity index (χ1n) is 9.18. The molecule has 2 aromatic rings. The number of para-hydroxylation sites is 1. The number of anilines is 1. The largest absolute Gasteiger partial charge is 0.317 e. The molecule has 2 aliphatic heterocycles. The molecule has 0 aliphatic carbocycles. The molecule has 2 heterocycles. The highest BCUT2D eigenvalue weighted by atomic mass is 19.1. The summed E-state index contributed by atoms with van der Waals surface area (Å²) in [5, 5.41) is 3.42. The Morgan fingerprint density at radius 2 is 1.88 bits per heavy atom. The number of benzene rings is 2. The first-order valence-corrected chi connectivity index (χ1v) is 9.18. The minimum atomic E-state index is -0.474. The van der Waals surface area contributed by atoms with Gasteiger partial charge >= 0.3 is 0 Å². The molecule has 2 aliphatic rings. The highest BCUT2D eigenvalue weighted by Crippen LogP contribution is 2.51. The van der Waals surface area contributed by atoms with Crippen LogP contribution in [0.4, 0.5) is 10.1 Å². The number of hydrogen-bond acceptors (Lipinski definition) is 2. The summed E-state index contributed by atoms with van der Waals surface area (Å²) in [5.41, 5.74) is 2.15. The maximum atomic E-state index is 14.3. The van der Waals surface area contributed by atoms with Crippen LogP contribution in [0.3, 0.4) is 0 Å². The van der Waals surface area contributed by atoms with Crippen LogP contribution < -0.4 is 10.2 Å². The summed E-state index contributed by atoms with van der Waals surface area (Å²) in [5.74, 6) is -0.739. The van der Waals surface area contributed by atoms with Crippen LogP contribution >= 0.6 is 0 Å². The summed E-state index contributed by atoms with van der Waals surface area (Å²) >= 11 is 0. The van der Waals surface area contributed by atoms with Gasteiger partial charge in [-0.3, -0.25) is 4.79 Å². The van der Waals surface area contributed by atoms with E-state index >= 15 is 0 Å². The second kappa shape index (κ2) is 6.69. The van der Waals surface area contributed by atoms with Crippen molar-refractivity contribution in [2.75, 3.05) is 18.0 Å². The number of rotatable bonds is 3. The molecule has 1 spiro atoms. The van der Waals surface area contributed by atoms with Gasteiger partial charge in [0, 0.05) is 11.1 Å². The molecule has 0 aromatic heterocycles. The second-order valence-electron chi connectivity index (χ2n) is 7.12. The minimum absolute atomic E-state index is 0.0355. The summed E-state index contributed by atoms with van der Waals surface area (Å²) in [7, 11) is 0. The monoisotopic (exact) mass is 350 g/mol. The summed E-state index contributed by atoms with van der Waals surface area (Å²) in [4.78, 5) is 15.2. The summed E-state index contributed by atoms with van der Waals surface area (Å²) in [6, 6.07) is 14.3. The Bertz CT molecular complexity index is 842. The first kappa shape index (κ1) is 17.0. The van der Waals surface area contributed by atoms with Crippen molar-refractivity contribution in [1.82, 2.24) is 5.32 Å². The van der Waals surface area contributed by atoms with E-state index in [0.29, 0.717) is 6.42 Å². The standard InChI is InChI=1S/C22H23FN2O/c1-2-7-20-22(12-14-24-15-13-22)17-9-4-6-11-19(17)25(20)21(26)16-8-3-5-10-18(16)23/h2-6,8-11,20,24H,1,7,12-15H2/t20-/m1/s1. The van der Waals surface area contributed by atoms with Crippen LogP contribution in [0.25, 0.3) is 0 Å². The highest BCUT2D eigenvalue weighted by Gasteiger charge is 2.52. The van der Waals surface area contributed by atoms with E-state index in [4.69, 9.17) is 0 Å². The number of piperidine rings is 1. The normalized spacial score (nSPS) is 20.8. The molecule has 0 bridgehead atoms. The zero-order valence-electron chi connectivity index (χ0n) is 14.7. The van der Waals surface area contributed by atoms with Gasteiger partial charge in [-0.25, -0.2) is 4.39 Å². The summed E-state index contributed by atoms with van der Waals surface area (Å²) in [6.45, 7) is 5.76. The van der Waals surface area contributed by atoms with E-state index in [2.05, 4.69) is 18.0 Å². The van der Waals surface area contributed by atoms with Gasteiger partial charge in [0.25, 0.3) is 5.91 Å². The summed E-state index contributed by atoms with van der Waals surface area (Å²) in [6.07, 6.45) is 4.49. The van der Waals surface area contributed by atoms with Gasteiger partial charge < -0.3 is 10.2 Å². The van der Waals surface area contributed by atoms with Crippen LogP contribution in [0, 0.1) is 5.82 Å². The molecule has 1 fully saturated rings. The lowest BCUT2D eigenvalue weighted by atomic mass is 9.69. The molecule has 1 atom stereocenters. The Balaban J connectivity index is 1.86. The van der Waals surface area contributed by atoms with Gasteiger partial charge in [0.1, 0.15) is 5.82 Å². The van der Waals surface area contributed by atoms with Crippen molar-refractivity contribution >= 4 is 11.6 Å². The Labute approximate surface area is 153 Å². The lowest BCUT2D eigenvalue weighted by molar-refractivity contribution is 0.0960. The number of nitrogens with one attached hydrogen (secondary N) is 1. The lowest BCUT2D eigenvalue weighted by Crippen LogP contribution is -2.52. The van der Waals surface area contributed by atoms with E-state index < -0.39 is 5.82 Å². The smallest absolute Gasteiger partial charge is 0.261 e. The van der Waals surface area contributed by atoms with Crippen LogP contribution in [-0.2, 0) is 5.41 Å². The molecule has 2 aromatic carbocycles. The third kappa shape index (κ3) is 2.48. The fraction of sp³-hybridized carbons (Fsp3) is 0.318. The molecule has 3 nitrogen and oxygen atoms in total. The van der Waals surface area contributed by atoms with Gasteiger partial charge in [0.15, 0.2) is 0 Å². The van der Waals surface area contributed by atoms with Crippen LogP contribution in [-0.4, -0.2) is 25.0 Å². The number of nitrogens with zero attached hydrogens (tertiary/aromatic N) is 1. The van der Waals surface area contributed by atoms with Gasteiger partial charge in [-0.2, -0.15) is 0 Å². The molecule has 1 amide bonds. The average Bonchev–Trinajstić information content (AvgIpc) is 2.93. The number of carbonyl (C=O) groups excluding carboxylic acids is 1. The van der Waals surface area contributed by atoms with E-state index in [1.165, 1.54) is 11.6 Å². The topological polar surface area (TPSA) is 32.3 Å². The predicted molar refractivity (Wildman–Crippen MR) is 102 cm³/mol. The molecule has 1 saturated heterocycles. The zero-order valence-corrected chi connectivity index (χ0v) is 14.7. The van der Waals surface area contributed by atoms with E-state index in [-0.39, 0.29) is 22.9 Å². The number of hydrogen-bond donors (Lipinski definition) is 1. The maximum absolute atomic E-state index is 14.3. The van der Waals surface area contributed by atoms with Gasteiger partial charge in [-0.1, -0.05) is 36.4 Å². The minimum Gasteiger partial charge on any atom is -0.317 e. The quantitative estimate of drug-likeness (QED) is 0.847. The number of amides is 1. The lowest BCUT2D eigenvalue weighted by Gasteiger charge is -2.41. The van der Waals surface area contributed by atoms with Crippen molar-refractivity contribution in [3.8, 4) is 0 Å². The molecule has 0 saturated carbocycles. The van der Waals surface area contributed by atoms with Gasteiger partial charge in [-0.05, 0) is 56.1 Å². The molecule has 134 valence electrons. The third-order valence-corrected chi connectivity index (χ3v) is 5.86. The van der Waals surface area contributed by atoms with Crippen LogP contribution in [0.15, 0.2) is 61.2 Å². The first-order chi connectivity index (χ1) is 12.7. The number of fused-ring (bicyclic) bond motifs is 2. The molecule has 4 heteroatoms. The molecular weight excluding hydrogens is 327 g/mol. The maximum Gasteiger partial charge on any atom is 0.261 e. The van der Waals surface area contributed by atoms with Crippen molar-refractivity contribution in [1.29, 1.82) is 0 Å². The van der Waals surface area contributed by atoms with Crippen LogP contribution in [0.2, 0.25) is 0 Å². The van der Waals surface area contributed by atoms with Crippen molar-refractivity contribution in [3.05, 3.63) is 78.1 Å². The molecular formula is C22H23FN2O. The fourth-order valence-electron chi connectivity index (χ4n) is 4.68. The molecule has 1 N–H and O–H groups in total. The third-order valence-electron chi connectivity index (χ3n) is 5.86. The SMILES string of the molecule is C=CC[C@H]1N(C(=O)c2ccccc2F)c2ccccc2C12CCNCC2. The van der Waals surface area contributed by atoms with E-state index in [1.807, 2.05) is 29.2 Å². The van der Waals surface area contributed by atoms with E-state index in [1.54, 1.807) is 18.2 Å². The molecule has 0 radical (unpaired) electrons. The highest BCUT2D eigenvalue weighted by molar-refractivity contribution is 6.08. The van der Waals surface area contributed by atoms with Gasteiger partial charge in [0.05, 0.1) is 11.6 Å². The van der Waals surface area contributed by atoms with Gasteiger partial charge in [0.2, 0.25) is 0 Å². The van der Waals surface area contributed by atoms with Crippen LogP contribution in [0.5, 0.6) is 0 Å². The van der Waals surface area contributed by atoms with Crippen molar-refractivity contribution < 1.29 is 9.18 Å². The van der Waals surface area contributed by atoms with Crippen molar-refractivity contribution in [2.45, 2.75) is 30.7 Å². The Kier molecular flexibility index (Phi) is 4.37. The zero-order chi connectivity index (χ0) is 18.1. The Morgan fingerprint density at radius 1 is 1.19 bits per heavy atom. The molecule has 4 rings (SSSR count). The Morgan fingerprint density at radius 3 is 2.62 bits per heavy atom. The summed E-state index contributed by atoms with van der Waals surface area (Å²) < 4.78 is 14.3. The number of halogens is 1. The van der Waals surface area contributed by atoms with Crippen LogP contribution in [0.1, 0.15) is 35.2 Å². The second-order valence-corrected chi connectivity index (χ2v) is 7.12. The fourth-order valence-corrected chi connectivity index (χ4v) is 4.68. The predicted octanol–water partition coefficient (Wildman–Crippen LogP) is 4.05. The average molecular weight is 350 g/mol. The van der Waals surface area contributed by atoms with E-state index in [9.17, 15) is 9.18 Å². The van der Waals surface area contributed by atoms with E-state index in [0.717, 1.165) is 31.6 Å². The number of carbonyl (C=O) groups is 1. The van der Waals surface area contributed by atoms with Gasteiger partial charge in [-0.15, -0.1) is 6.58 Å².